The predicted octanol–water partition coefficient (Wildman–Crippen LogP) is 2.40. The highest BCUT2D eigenvalue weighted by molar-refractivity contribution is 7.89. The summed E-state index contributed by atoms with van der Waals surface area (Å²) in [7, 11) is -1.57. The molecule has 112 valence electrons. The van der Waals surface area contributed by atoms with Crippen molar-refractivity contribution in [3.05, 3.63) is 28.8 Å². The van der Waals surface area contributed by atoms with Gasteiger partial charge in [0, 0.05) is 31.6 Å². The molecule has 0 aromatic heterocycles. The summed E-state index contributed by atoms with van der Waals surface area (Å²) in [6.07, 6.45) is 0. The molecule has 0 bridgehead atoms. The third-order valence-corrected chi connectivity index (χ3v) is 6.35. The minimum absolute atomic E-state index is 0.147. The maximum Gasteiger partial charge on any atom is 0.244 e. The third kappa shape index (κ3) is 3.12. The number of piperazine rings is 1. The van der Waals surface area contributed by atoms with Crippen molar-refractivity contribution < 1.29 is 8.42 Å². The highest BCUT2D eigenvalue weighted by atomic mass is 35.5. The number of halogens is 2. The Bertz CT molecular complexity index is 592. The normalized spacial score (nSPS) is 22.1. The van der Waals surface area contributed by atoms with Gasteiger partial charge in [0.1, 0.15) is 4.90 Å². The maximum atomic E-state index is 12.7. The number of hydrogen-bond acceptors (Lipinski definition) is 3. The van der Waals surface area contributed by atoms with Crippen LogP contribution in [-0.4, -0.2) is 50.3 Å². The van der Waals surface area contributed by atoms with Crippen LogP contribution in [0, 0.1) is 0 Å². The second kappa shape index (κ2) is 6.20. The van der Waals surface area contributed by atoms with Gasteiger partial charge in [-0.25, -0.2) is 8.42 Å². The molecule has 1 heterocycles. The molecule has 0 amide bonds. The van der Waals surface area contributed by atoms with Gasteiger partial charge in [0.2, 0.25) is 10.0 Å². The largest absolute Gasteiger partial charge is 0.301 e. The lowest BCUT2D eigenvalue weighted by Gasteiger charge is -2.36. The van der Waals surface area contributed by atoms with E-state index >= 15 is 0 Å². The summed E-state index contributed by atoms with van der Waals surface area (Å²) in [5, 5.41) is 0.241. The molecule has 20 heavy (non-hydrogen) atoms. The number of rotatable bonds is 3. The van der Waals surface area contributed by atoms with Gasteiger partial charge >= 0.3 is 0 Å². The lowest BCUT2D eigenvalue weighted by atomic mass is 10.2. The molecule has 1 fully saturated rings. The fourth-order valence-corrected chi connectivity index (χ4v) is 4.40. The molecule has 1 unspecified atom stereocenters. The maximum absolute atomic E-state index is 12.7. The highest BCUT2D eigenvalue weighted by Crippen LogP contribution is 2.27. The molecule has 4 nitrogen and oxygen atoms in total. The van der Waals surface area contributed by atoms with Crippen LogP contribution in [0.4, 0.5) is 0 Å². The van der Waals surface area contributed by atoms with Crippen LogP contribution < -0.4 is 0 Å². The Balaban J connectivity index is 2.35. The minimum Gasteiger partial charge on any atom is -0.301 e. The van der Waals surface area contributed by atoms with Crippen LogP contribution in [0.2, 0.25) is 5.02 Å². The molecular weight excluding hydrogens is 319 g/mol. The van der Waals surface area contributed by atoms with Crippen molar-refractivity contribution in [2.45, 2.75) is 23.7 Å². The van der Waals surface area contributed by atoms with Crippen LogP contribution in [0.5, 0.6) is 0 Å². The molecular formula is C13H18Cl2N2O2S. The molecule has 0 saturated carbocycles. The number of likely N-dealkylation sites (N-methyl/N-ethyl adjacent to an activating group) is 1. The minimum atomic E-state index is -3.57. The van der Waals surface area contributed by atoms with Crippen molar-refractivity contribution in [3.63, 3.8) is 0 Å². The topological polar surface area (TPSA) is 40.6 Å². The van der Waals surface area contributed by atoms with Crippen LogP contribution in [0.25, 0.3) is 0 Å². The summed E-state index contributed by atoms with van der Waals surface area (Å²) in [6, 6.07) is 5.08. The van der Waals surface area contributed by atoms with Gasteiger partial charge in [-0.05, 0) is 31.7 Å². The molecule has 0 spiro atoms. The first-order chi connectivity index (χ1) is 9.36. The highest BCUT2D eigenvalue weighted by Gasteiger charge is 2.32. The van der Waals surface area contributed by atoms with Gasteiger partial charge in [-0.15, -0.1) is 11.6 Å². The molecule has 1 saturated heterocycles. The Morgan fingerprint density at radius 1 is 1.35 bits per heavy atom. The molecule has 1 aliphatic heterocycles. The number of nitrogens with zero attached hydrogens (tertiary/aromatic N) is 2. The summed E-state index contributed by atoms with van der Waals surface area (Å²) in [5.41, 5.74) is 0.747. The molecule has 1 aromatic rings. The summed E-state index contributed by atoms with van der Waals surface area (Å²) in [5.74, 6) is 0.263. The van der Waals surface area contributed by atoms with E-state index in [1.807, 2.05) is 14.0 Å². The van der Waals surface area contributed by atoms with Crippen LogP contribution in [0.1, 0.15) is 12.5 Å². The molecule has 1 atom stereocenters. The van der Waals surface area contributed by atoms with Crippen molar-refractivity contribution >= 4 is 33.2 Å². The lowest BCUT2D eigenvalue weighted by Crippen LogP contribution is -2.51. The molecule has 0 N–H and O–H groups in total. The molecule has 1 aromatic carbocycles. The van der Waals surface area contributed by atoms with Gasteiger partial charge in [-0.1, -0.05) is 17.7 Å². The van der Waals surface area contributed by atoms with Crippen molar-refractivity contribution in [2.75, 3.05) is 26.7 Å². The number of alkyl halides is 1. The quantitative estimate of drug-likeness (QED) is 0.796. The molecule has 0 radical (unpaired) electrons. The smallest absolute Gasteiger partial charge is 0.244 e. The van der Waals surface area contributed by atoms with Crippen LogP contribution >= 0.6 is 23.2 Å². The van der Waals surface area contributed by atoms with E-state index in [0.29, 0.717) is 19.6 Å². The van der Waals surface area contributed by atoms with E-state index in [1.165, 1.54) is 4.31 Å². The average molecular weight is 337 g/mol. The van der Waals surface area contributed by atoms with E-state index in [2.05, 4.69) is 4.90 Å². The average Bonchev–Trinajstić information content (AvgIpc) is 2.42. The monoisotopic (exact) mass is 336 g/mol. The van der Waals surface area contributed by atoms with Gasteiger partial charge in [0.15, 0.2) is 0 Å². The van der Waals surface area contributed by atoms with E-state index in [1.54, 1.807) is 18.2 Å². The van der Waals surface area contributed by atoms with Gasteiger partial charge in [-0.3, -0.25) is 0 Å². The fraction of sp³-hybridized carbons (Fsp3) is 0.538. The first-order valence-corrected chi connectivity index (χ1v) is 8.76. The van der Waals surface area contributed by atoms with Crippen molar-refractivity contribution in [3.8, 4) is 0 Å². The zero-order valence-electron chi connectivity index (χ0n) is 11.5. The van der Waals surface area contributed by atoms with E-state index in [4.69, 9.17) is 23.2 Å². The van der Waals surface area contributed by atoms with Gasteiger partial charge in [-0.2, -0.15) is 4.31 Å². The van der Waals surface area contributed by atoms with Gasteiger partial charge < -0.3 is 4.90 Å². The van der Waals surface area contributed by atoms with E-state index in [0.717, 1.165) is 5.56 Å². The van der Waals surface area contributed by atoms with E-state index < -0.39 is 10.0 Å². The van der Waals surface area contributed by atoms with Crippen LogP contribution in [-0.2, 0) is 15.9 Å². The Morgan fingerprint density at radius 3 is 2.65 bits per heavy atom. The first-order valence-electron chi connectivity index (χ1n) is 6.41. The number of hydrogen-bond donors (Lipinski definition) is 0. The second-order valence-corrected chi connectivity index (χ2v) is 7.67. The van der Waals surface area contributed by atoms with Gasteiger partial charge in [0.25, 0.3) is 0 Å². The Morgan fingerprint density at radius 2 is 2.05 bits per heavy atom. The first kappa shape index (κ1) is 16.0. The van der Waals surface area contributed by atoms with Crippen LogP contribution in [0.3, 0.4) is 0 Å². The summed E-state index contributed by atoms with van der Waals surface area (Å²) in [6.45, 7) is 3.68. The van der Waals surface area contributed by atoms with Crippen LogP contribution in [0.15, 0.2) is 23.1 Å². The fourth-order valence-electron chi connectivity index (χ4n) is 2.20. The summed E-state index contributed by atoms with van der Waals surface area (Å²) < 4.78 is 26.9. The van der Waals surface area contributed by atoms with Crippen molar-refractivity contribution in [2.24, 2.45) is 0 Å². The van der Waals surface area contributed by atoms with Crippen molar-refractivity contribution in [1.29, 1.82) is 0 Å². The second-order valence-electron chi connectivity index (χ2n) is 5.09. The SMILES string of the molecule is CC1CN(S(=O)(=O)c2cc(CCl)ccc2Cl)CCN1C. The van der Waals surface area contributed by atoms with Gasteiger partial charge in [0.05, 0.1) is 5.02 Å². The zero-order chi connectivity index (χ0) is 14.9. The predicted molar refractivity (Wildman–Crippen MR) is 81.9 cm³/mol. The van der Waals surface area contributed by atoms with Crippen molar-refractivity contribution in [1.82, 2.24) is 9.21 Å². The van der Waals surface area contributed by atoms with E-state index in [9.17, 15) is 8.42 Å². The zero-order valence-corrected chi connectivity index (χ0v) is 13.8. The third-order valence-electron chi connectivity index (χ3n) is 3.69. The standard InChI is InChI=1S/C13H18Cl2N2O2S/c1-10-9-17(6-5-16(10)2)20(18,19)13-7-11(8-14)3-4-12(13)15/h3-4,7,10H,5-6,8-9H2,1-2H3. The Hall–Kier alpha value is -0.330. The Labute approximate surface area is 130 Å². The number of sulfonamides is 1. The summed E-state index contributed by atoms with van der Waals surface area (Å²) >= 11 is 11.8. The van der Waals surface area contributed by atoms with E-state index in [-0.39, 0.29) is 21.8 Å². The molecule has 2 rings (SSSR count). The molecule has 0 aliphatic carbocycles. The molecule has 1 aliphatic rings. The lowest BCUT2D eigenvalue weighted by molar-refractivity contribution is 0.159. The Kier molecular flexibility index (Phi) is 4.97. The summed E-state index contributed by atoms with van der Waals surface area (Å²) in [4.78, 5) is 2.29. The molecule has 7 heteroatoms. The number of benzene rings is 1.